The van der Waals surface area contributed by atoms with Crippen LogP contribution in [0.4, 0.5) is 5.69 Å². The van der Waals surface area contributed by atoms with Gasteiger partial charge in [-0.25, -0.2) is 4.79 Å². The van der Waals surface area contributed by atoms with Crippen LogP contribution in [-0.2, 0) is 0 Å². The number of hydrogen-bond acceptors (Lipinski definition) is 4. The maximum Gasteiger partial charge on any atom is 0.336 e. The minimum absolute atomic E-state index is 0.0338. The molecule has 0 saturated carbocycles. The number of benzene rings is 1. The van der Waals surface area contributed by atoms with Crippen LogP contribution >= 0.6 is 0 Å². The summed E-state index contributed by atoms with van der Waals surface area (Å²) in [6, 6.07) is 3.70. The first-order chi connectivity index (χ1) is 6.56. The summed E-state index contributed by atoms with van der Waals surface area (Å²) in [6.07, 6.45) is 0. The molecule has 0 unspecified atom stereocenters. The molecular formula is C9H12N2O3. The zero-order chi connectivity index (χ0) is 10.7. The summed E-state index contributed by atoms with van der Waals surface area (Å²) in [5, 5.41) is 17.7. The average Bonchev–Trinajstić information content (AvgIpc) is 2.16. The van der Waals surface area contributed by atoms with Gasteiger partial charge in [-0.3, -0.25) is 0 Å². The molecule has 0 aliphatic carbocycles. The number of rotatable bonds is 3. The van der Waals surface area contributed by atoms with E-state index in [9.17, 15) is 4.79 Å². The lowest BCUT2D eigenvalue weighted by Gasteiger charge is -2.12. The van der Waals surface area contributed by atoms with Crippen molar-refractivity contribution in [2.24, 2.45) is 5.73 Å². The Kier molecular flexibility index (Phi) is 3.06. The number of nitrogens with two attached hydrogens (primary N) is 2. The van der Waals surface area contributed by atoms with Crippen molar-refractivity contribution in [3.05, 3.63) is 29.3 Å². The molecule has 0 aromatic heterocycles. The van der Waals surface area contributed by atoms with Gasteiger partial charge in [-0.2, -0.15) is 0 Å². The topological polar surface area (TPSA) is 110 Å². The summed E-state index contributed by atoms with van der Waals surface area (Å²) in [5.74, 6) is -1.10. The molecular weight excluding hydrogens is 184 g/mol. The Hall–Kier alpha value is -1.59. The van der Waals surface area contributed by atoms with Crippen LogP contribution < -0.4 is 11.5 Å². The number of anilines is 1. The van der Waals surface area contributed by atoms with Crippen LogP contribution in [-0.4, -0.2) is 22.8 Å². The lowest BCUT2D eigenvalue weighted by atomic mass is 10.0. The lowest BCUT2D eigenvalue weighted by Crippen LogP contribution is -2.18. The van der Waals surface area contributed by atoms with Gasteiger partial charge in [0, 0.05) is 5.69 Å². The summed E-state index contributed by atoms with van der Waals surface area (Å²) in [4.78, 5) is 10.8. The van der Waals surface area contributed by atoms with Crippen LogP contribution in [0.25, 0.3) is 0 Å². The molecule has 0 fully saturated rings. The molecule has 1 atom stereocenters. The molecule has 0 amide bonds. The number of aromatic carboxylic acids is 1. The first-order valence-corrected chi connectivity index (χ1v) is 4.05. The predicted molar refractivity (Wildman–Crippen MR) is 51.8 cm³/mol. The average molecular weight is 196 g/mol. The molecule has 0 aliphatic heterocycles. The quantitative estimate of drug-likeness (QED) is 0.507. The molecule has 0 saturated heterocycles. The number of aliphatic hydroxyl groups is 1. The van der Waals surface area contributed by atoms with E-state index < -0.39 is 12.0 Å². The fourth-order valence-corrected chi connectivity index (χ4v) is 1.18. The molecule has 0 heterocycles. The molecule has 0 spiro atoms. The minimum atomic E-state index is -1.10. The second kappa shape index (κ2) is 4.08. The summed E-state index contributed by atoms with van der Waals surface area (Å²) < 4.78 is 0. The zero-order valence-electron chi connectivity index (χ0n) is 7.47. The summed E-state index contributed by atoms with van der Waals surface area (Å²) >= 11 is 0. The van der Waals surface area contributed by atoms with Gasteiger partial charge in [0.05, 0.1) is 18.2 Å². The fourth-order valence-electron chi connectivity index (χ4n) is 1.18. The van der Waals surface area contributed by atoms with Gasteiger partial charge in [-0.05, 0) is 17.7 Å². The number of aliphatic hydroxyl groups excluding tert-OH is 1. The van der Waals surface area contributed by atoms with Gasteiger partial charge in [-0.1, -0.05) is 6.07 Å². The van der Waals surface area contributed by atoms with E-state index in [1.165, 1.54) is 12.1 Å². The van der Waals surface area contributed by atoms with Gasteiger partial charge in [0.25, 0.3) is 0 Å². The van der Waals surface area contributed by atoms with Gasteiger partial charge < -0.3 is 21.7 Å². The standard InChI is InChI=1S/C9H12N2O3/c10-5-1-2-6(8(11)4-12)7(3-5)9(13)14/h1-3,8,12H,4,10-11H2,(H,13,14)/t8-/m0/s1. The summed E-state index contributed by atoms with van der Waals surface area (Å²) in [5.41, 5.74) is 11.7. The SMILES string of the molecule is Nc1ccc([C@@H](N)CO)c(C(=O)O)c1. The van der Waals surface area contributed by atoms with Crippen LogP contribution in [0.15, 0.2) is 18.2 Å². The molecule has 1 aromatic carbocycles. The molecule has 5 heteroatoms. The predicted octanol–water partition coefficient (Wildman–Crippen LogP) is -0.0409. The van der Waals surface area contributed by atoms with E-state index in [4.69, 9.17) is 21.7 Å². The maximum absolute atomic E-state index is 10.8. The minimum Gasteiger partial charge on any atom is -0.478 e. The highest BCUT2D eigenvalue weighted by molar-refractivity contribution is 5.90. The van der Waals surface area contributed by atoms with E-state index in [1.54, 1.807) is 6.07 Å². The van der Waals surface area contributed by atoms with Gasteiger partial charge >= 0.3 is 5.97 Å². The molecule has 14 heavy (non-hydrogen) atoms. The zero-order valence-corrected chi connectivity index (χ0v) is 7.47. The Morgan fingerprint density at radius 2 is 2.14 bits per heavy atom. The number of hydrogen-bond donors (Lipinski definition) is 4. The molecule has 5 nitrogen and oxygen atoms in total. The number of carboxylic acids is 1. The Bertz CT molecular complexity index is 352. The third-order valence-corrected chi connectivity index (χ3v) is 1.90. The smallest absolute Gasteiger partial charge is 0.336 e. The van der Waals surface area contributed by atoms with Gasteiger partial charge in [0.1, 0.15) is 0 Å². The number of carbonyl (C=O) groups is 1. The highest BCUT2D eigenvalue weighted by Crippen LogP contribution is 2.18. The number of carboxylic acid groups (broad SMARTS) is 1. The highest BCUT2D eigenvalue weighted by atomic mass is 16.4. The Labute approximate surface area is 81.0 Å². The van der Waals surface area contributed by atoms with E-state index in [0.717, 1.165) is 0 Å². The monoisotopic (exact) mass is 196 g/mol. The van der Waals surface area contributed by atoms with Crippen LogP contribution in [0.2, 0.25) is 0 Å². The molecule has 1 rings (SSSR count). The molecule has 1 aromatic rings. The van der Waals surface area contributed by atoms with Crippen molar-refractivity contribution in [3.8, 4) is 0 Å². The molecule has 0 bridgehead atoms. The summed E-state index contributed by atoms with van der Waals surface area (Å²) in [6.45, 7) is -0.301. The second-order valence-corrected chi connectivity index (χ2v) is 2.94. The first kappa shape index (κ1) is 10.5. The Balaban J connectivity index is 3.21. The summed E-state index contributed by atoms with van der Waals surface area (Å²) in [7, 11) is 0. The number of nitrogen functional groups attached to an aromatic ring is 1. The van der Waals surface area contributed by atoms with Crippen molar-refractivity contribution >= 4 is 11.7 Å². The Morgan fingerprint density at radius 1 is 1.50 bits per heavy atom. The third kappa shape index (κ3) is 2.01. The van der Waals surface area contributed by atoms with Crippen LogP contribution in [0, 0.1) is 0 Å². The molecule has 6 N–H and O–H groups in total. The highest BCUT2D eigenvalue weighted by Gasteiger charge is 2.15. The molecule has 0 radical (unpaired) electrons. The lowest BCUT2D eigenvalue weighted by molar-refractivity contribution is 0.0694. The fraction of sp³-hybridized carbons (Fsp3) is 0.222. The molecule has 0 aliphatic rings. The largest absolute Gasteiger partial charge is 0.478 e. The first-order valence-electron chi connectivity index (χ1n) is 4.05. The van der Waals surface area contributed by atoms with E-state index in [1.807, 2.05) is 0 Å². The van der Waals surface area contributed by atoms with E-state index in [0.29, 0.717) is 11.3 Å². The second-order valence-electron chi connectivity index (χ2n) is 2.94. The van der Waals surface area contributed by atoms with Gasteiger partial charge in [-0.15, -0.1) is 0 Å². The van der Waals surface area contributed by atoms with Crippen LogP contribution in [0.5, 0.6) is 0 Å². The maximum atomic E-state index is 10.8. The van der Waals surface area contributed by atoms with E-state index >= 15 is 0 Å². The van der Waals surface area contributed by atoms with Crippen molar-refractivity contribution in [2.45, 2.75) is 6.04 Å². The van der Waals surface area contributed by atoms with Crippen LogP contribution in [0.3, 0.4) is 0 Å². The normalized spacial score (nSPS) is 12.4. The van der Waals surface area contributed by atoms with Crippen molar-refractivity contribution in [1.82, 2.24) is 0 Å². The Morgan fingerprint density at radius 3 is 2.64 bits per heavy atom. The van der Waals surface area contributed by atoms with Crippen LogP contribution in [0.1, 0.15) is 22.0 Å². The van der Waals surface area contributed by atoms with Crippen molar-refractivity contribution < 1.29 is 15.0 Å². The van der Waals surface area contributed by atoms with Crippen molar-refractivity contribution in [2.75, 3.05) is 12.3 Å². The van der Waals surface area contributed by atoms with Crippen molar-refractivity contribution in [1.29, 1.82) is 0 Å². The van der Waals surface area contributed by atoms with E-state index in [-0.39, 0.29) is 12.2 Å². The van der Waals surface area contributed by atoms with Crippen molar-refractivity contribution in [3.63, 3.8) is 0 Å². The van der Waals surface area contributed by atoms with Gasteiger partial charge in [0.2, 0.25) is 0 Å². The third-order valence-electron chi connectivity index (χ3n) is 1.90. The van der Waals surface area contributed by atoms with E-state index in [2.05, 4.69) is 0 Å². The molecule has 76 valence electrons. The van der Waals surface area contributed by atoms with Gasteiger partial charge in [0.15, 0.2) is 0 Å².